The molecule has 0 aromatic rings. The van der Waals surface area contributed by atoms with Gasteiger partial charge in [-0.15, -0.1) is 0 Å². The van der Waals surface area contributed by atoms with Gasteiger partial charge in [-0.3, -0.25) is 4.90 Å². The number of rotatable bonds is 6. The molecule has 2 atom stereocenters. The normalized spacial score (nSPS) is 30.6. The molecule has 1 aliphatic carbocycles. The first-order valence-electron chi connectivity index (χ1n) is 6.62. The van der Waals surface area contributed by atoms with Crippen molar-refractivity contribution < 1.29 is 4.74 Å². The van der Waals surface area contributed by atoms with Gasteiger partial charge in [0, 0.05) is 25.7 Å². The Morgan fingerprint density at radius 3 is 2.62 bits per heavy atom. The Bertz CT molecular complexity index is 230. The Hall–Kier alpha value is -0.120. The number of nitrogens with zero attached hydrogens (tertiary/aromatic N) is 1. The quantitative estimate of drug-likeness (QED) is 0.745. The third kappa shape index (κ3) is 2.76. The summed E-state index contributed by atoms with van der Waals surface area (Å²) in [5.41, 5.74) is 6.25. The summed E-state index contributed by atoms with van der Waals surface area (Å²) in [6.07, 6.45) is 5.41. The molecule has 2 N–H and O–H groups in total. The topological polar surface area (TPSA) is 38.5 Å². The minimum atomic E-state index is 0.240. The molecule has 3 heteroatoms. The van der Waals surface area contributed by atoms with E-state index < -0.39 is 0 Å². The zero-order valence-corrected chi connectivity index (χ0v) is 10.7. The number of ether oxygens (including phenoxy) is 1. The maximum Gasteiger partial charge on any atom is 0.0503 e. The second kappa shape index (κ2) is 5.03. The lowest BCUT2D eigenvalue weighted by Gasteiger charge is -2.38. The summed E-state index contributed by atoms with van der Waals surface area (Å²) in [7, 11) is 1.80. The number of hydrogen-bond donors (Lipinski definition) is 1. The highest BCUT2D eigenvalue weighted by atomic mass is 16.5. The lowest BCUT2D eigenvalue weighted by atomic mass is 9.93. The van der Waals surface area contributed by atoms with Gasteiger partial charge in [0.1, 0.15) is 0 Å². The second-order valence-electron chi connectivity index (χ2n) is 5.90. The Kier molecular flexibility index (Phi) is 3.88. The Balaban J connectivity index is 1.88. The van der Waals surface area contributed by atoms with Crippen molar-refractivity contribution >= 4 is 0 Å². The van der Waals surface area contributed by atoms with Crippen molar-refractivity contribution in [3.63, 3.8) is 0 Å². The highest BCUT2D eigenvalue weighted by molar-refractivity contribution is 4.95. The molecule has 94 valence electrons. The number of methoxy groups -OCH3 is 1. The number of nitrogens with two attached hydrogens (primary N) is 1. The Morgan fingerprint density at radius 1 is 1.31 bits per heavy atom. The van der Waals surface area contributed by atoms with Gasteiger partial charge in [-0.05, 0) is 38.1 Å². The van der Waals surface area contributed by atoms with Gasteiger partial charge in [0.2, 0.25) is 0 Å². The molecule has 16 heavy (non-hydrogen) atoms. The van der Waals surface area contributed by atoms with Crippen LogP contribution in [0.25, 0.3) is 0 Å². The summed E-state index contributed by atoms with van der Waals surface area (Å²) in [5, 5.41) is 0. The predicted molar refractivity (Wildman–Crippen MR) is 66.4 cm³/mol. The van der Waals surface area contributed by atoms with E-state index in [0.29, 0.717) is 0 Å². The van der Waals surface area contributed by atoms with Gasteiger partial charge in [0.25, 0.3) is 0 Å². The number of hydrogen-bond acceptors (Lipinski definition) is 3. The Labute approximate surface area is 99.3 Å². The minimum absolute atomic E-state index is 0.240. The van der Waals surface area contributed by atoms with Gasteiger partial charge < -0.3 is 10.5 Å². The van der Waals surface area contributed by atoms with Crippen LogP contribution >= 0.6 is 0 Å². The third-order valence-electron chi connectivity index (χ3n) is 4.32. The molecule has 0 bridgehead atoms. The maximum atomic E-state index is 6.01. The lowest BCUT2D eigenvalue weighted by molar-refractivity contribution is 0.105. The zero-order valence-electron chi connectivity index (χ0n) is 10.7. The first kappa shape index (κ1) is 12.3. The SMILES string of the molecule is COCC1CCN(C(C)(CN)CC2CC2)C1. The summed E-state index contributed by atoms with van der Waals surface area (Å²) < 4.78 is 5.26. The summed E-state index contributed by atoms with van der Waals surface area (Å²) in [4.78, 5) is 2.61. The van der Waals surface area contributed by atoms with E-state index in [4.69, 9.17) is 10.5 Å². The van der Waals surface area contributed by atoms with Crippen molar-refractivity contribution in [3.05, 3.63) is 0 Å². The molecule has 2 aliphatic rings. The maximum absolute atomic E-state index is 6.01. The molecule has 1 saturated heterocycles. The Morgan fingerprint density at radius 2 is 2.06 bits per heavy atom. The summed E-state index contributed by atoms with van der Waals surface area (Å²) in [5.74, 6) is 1.67. The van der Waals surface area contributed by atoms with Gasteiger partial charge in [-0.25, -0.2) is 0 Å². The van der Waals surface area contributed by atoms with Gasteiger partial charge in [0.05, 0.1) is 6.61 Å². The largest absolute Gasteiger partial charge is 0.384 e. The smallest absolute Gasteiger partial charge is 0.0503 e. The second-order valence-corrected chi connectivity index (χ2v) is 5.90. The number of likely N-dealkylation sites (tertiary alicyclic amines) is 1. The van der Waals surface area contributed by atoms with Crippen LogP contribution in [-0.4, -0.2) is 43.8 Å². The van der Waals surface area contributed by atoms with Crippen molar-refractivity contribution in [2.45, 2.75) is 38.1 Å². The van der Waals surface area contributed by atoms with Crippen LogP contribution in [0.2, 0.25) is 0 Å². The van der Waals surface area contributed by atoms with Gasteiger partial charge >= 0.3 is 0 Å². The van der Waals surface area contributed by atoms with E-state index in [2.05, 4.69) is 11.8 Å². The zero-order chi connectivity index (χ0) is 11.6. The van der Waals surface area contributed by atoms with Crippen LogP contribution in [0.3, 0.4) is 0 Å². The predicted octanol–water partition coefficient (Wildman–Crippen LogP) is 1.47. The van der Waals surface area contributed by atoms with Crippen LogP contribution in [-0.2, 0) is 4.74 Å². The van der Waals surface area contributed by atoms with E-state index in [1.807, 2.05) is 0 Å². The minimum Gasteiger partial charge on any atom is -0.384 e. The summed E-state index contributed by atoms with van der Waals surface area (Å²) in [6, 6.07) is 0. The molecular weight excluding hydrogens is 200 g/mol. The molecule has 2 rings (SSSR count). The fourth-order valence-corrected chi connectivity index (χ4v) is 2.98. The van der Waals surface area contributed by atoms with Crippen molar-refractivity contribution in [2.75, 3.05) is 33.4 Å². The molecule has 2 unspecified atom stereocenters. The van der Waals surface area contributed by atoms with Crippen molar-refractivity contribution in [2.24, 2.45) is 17.6 Å². The third-order valence-corrected chi connectivity index (χ3v) is 4.32. The van der Waals surface area contributed by atoms with E-state index >= 15 is 0 Å². The van der Waals surface area contributed by atoms with Crippen molar-refractivity contribution in [1.82, 2.24) is 4.90 Å². The molecule has 0 amide bonds. The molecule has 3 nitrogen and oxygen atoms in total. The van der Waals surface area contributed by atoms with Crippen molar-refractivity contribution in [1.29, 1.82) is 0 Å². The van der Waals surface area contributed by atoms with Crippen LogP contribution in [0.15, 0.2) is 0 Å². The molecular formula is C13H26N2O. The average Bonchev–Trinajstić information content (AvgIpc) is 2.94. The van der Waals surface area contributed by atoms with E-state index in [0.717, 1.165) is 25.0 Å². The van der Waals surface area contributed by atoms with Crippen LogP contribution in [0.4, 0.5) is 0 Å². The molecule has 1 saturated carbocycles. The van der Waals surface area contributed by atoms with E-state index in [9.17, 15) is 0 Å². The molecule has 2 fully saturated rings. The highest BCUT2D eigenvalue weighted by Gasteiger charge is 2.39. The molecule has 1 aliphatic heterocycles. The summed E-state index contributed by atoms with van der Waals surface area (Å²) >= 11 is 0. The monoisotopic (exact) mass is 226 g/mol. The van der Waals surface area contributed by atoms with Gasteiger partial charge in [0.15, 0.2) is 0 Å². The lowest BCUT2D eigenvalue weighted by Crippen LogP contribution is -2.51. The van der Waals surface area contributed by atoms with Gasteiger partial charge in [-0.1, -0.05) is 12.8 Å². The van der Waals surface area contributed by atoms with E-state index in [-0.39, 0.29) is 5.54 Å². The van der Waals surface area contributed by atoms with Crippen LogP contribution < -0.4 is 5.73 Å². The fraction of sp³-hybridized carbons (Fsp3) is 1.00. The first-order chi connectivity index (χ1) is 7.68. The first-order valence-corrected chi connectivity index (χ1v) is 6.62. The van der Waals surface area contributed by atoms with Crippen LogP contribution in [0.1, 0.15) is 32.6 Å². The van der Waals surface area contributed by atoms with E-state index in [1.165, 1.54) is 38.8 Å². The standard InChI is InChI=1S/C13H26N2O/c1-13(10-14,7-11-3-4-11)15-6-5-12(8-15)9-16-2/h11-12H,3-10,14H2,1-2H3. The van der Waals surface area contributed by atoms with E-state index in [1.54, 1.807) is 7.11 Å². The highest BCUT2D eigenvalue weighted by Crippen LogP contribution is 2.39. The molecule has 0 aromatic carbocycles. The van der Waals surface area contributed by atoms with Crippen molar-refractivity contribution in [3.8, 4) is 0 Å². The molecule has 0 aromatic heterocycles. The molecule has 0 spiro atoms. The van der Waals surface area contributed by atoms with Gasteiger partial charge in [-0.2, -0.15) is 0 Å². The molecule has 0 radical (unpaired) electrons. The average molecular weight is 226 g/mol. The fourth-order valence-electron chi connectivity index (χ4n) is 2.98. The molecule has 1 heterocycles. The summed E-state index contributed by atoms with van der Waals surface area (Å²) in [6.45, 7) is 6.42. The van der Waals surface area contributed by atoms with Crippen LogP contribution in [0, 0.1) is 11.8 Å². The van der Waals surface area contributed by atoms with Crippen LogP contribution in [0.5, 0.6) is 0 Å².